The molecular weight excluding hydrogens is 124 g/mol. The Morgan fingerprint density at radius 1 is 1.60 bits per heavy atom. The zero-order valence-electron chi connectivity index (χ0n) is 5.70. The van der Waals surface area contributed by atoms with Crippen LogP contribution in [0.15, 0.2) is 24.4 Å². The molecule has 0 amide bonds. The lowest BCUT2D eigenvalue weighted by Crippen LogP contribution is -1.87. The third kappa shape index (κ3) is 0.620. The van der Waals surface area contributed by atoms with Crippen LogP contribution in [0.25, 0.3) is 10.9 Å². The zero-order chi connectivity index (χ0) is 6.97. The Balaban J connectivity index is 2.93. The quantitative estimate of drug-likeness (QED) is 0.528. The second kappa shape index (κ2) is 1.84. The van der Waals surface area contributed by atoms with Crippen LogP contribution in [0.1, 0.15) is 0 Å². The maximum Gasteiger partial charge on any atom is 0.0679 e. The summed E-state index contributed by atoms with van der Waals surface area (Å²) in [6.45, 7) is 0. The maximum atomic E-state index is 4.09. The van der Waals surface area contributed by atoms with E-state index in [1.165, 1.54) is 0 Å². The van der Waals surface area contributed by atoms with Crippen LogP contribution in [0, 0.1) is 6.07 Å². The van der Waals surface area contributed by atoms with Crippen LogP contribution in [0.5, 0.6) is 0 Å². The summed E-state index contributed by atoms with van der Waals surface area (Å²) in [5, 5.41) is 5.24. The van der Waals surface area contributed by atoms with E-state index in [0.717, 1.165) is 10.9 Å². The highest BCUT2D eigenvalue weighted by Crippen LogP contribution is 2.09. The van der Waals surface area contributed by atoms with E-state index in [1.807, 2.05) is 36.1 Å². The lowest BCUT2D eigenvalue weighted by molar-refractivity contribution is 0.797. The molecule has 0 fully saturated rings. The lowest BCUT2D eigenvalue weighted by atomic mass is 10.3. The summed E-state index contributed by atoms with van der Waals surface area (Å²) in [7, 11) is 1.93. The second-order valence-corrected chi connectivity index (χ2v) is 2.25. The van der Waals surface area contributed by atoms with Gasteiger partial charge in [-0.1, -0.05) is 6.07 Å². The minimum absolute atomic E-state index is 1.14. The molecule has 2 heteroatoms. The first kappa shape index (κ1) is 5.47. The largest absolute Gasteiger partial charge is 0.268 e. The molecule has 0 aliphatic heterocycles. The van der Waals surface area contributed by atoms with Gasteiger partial charge in [-0.2, -0.15) is 5.10 Å². The highest BCUT2D eigenvalue weighted by molar-refractivity contribution is 5.77. The van der Waals surface area contributed by atoms with Gasteiger partial charge in [-0.3, -0.25) is 4.68 Å². The zero-order valence-corrected chi connectivity index (χ0v) is 5.70. The first-order valence-corrected chi connectivity index (χ1v) is 3.16. The van der Waals surface area contributed by atoms with E-state index in [2.05, 4.69) is 11.2 Å². The van der Waals surface area contributed by atoms with Gasteiger partial charge in [0.15, 0.2) is 0 Å². The van der Waals surface area contributed by atoms with Crippen LogP contribution >= 0.6 is 0 Å². The van der Waals surface area contributed by atoms with Crippen LogP contribution in [0.4, 0.5) is 0 Å². The van der Waals surface area contributed by atoms with Crippen molar-refractivity contribution < 1.29 is 0 Å². The Morgan fingerprint density at radius 3 is 3.30 bits per heavy atom. The monoisotopic (exact) mass is 131 g/mol. The average molecular weight is 131 g/mol. The molecule has 0 spiro atoms. The smallest absolute Gasteiger partial charge is 0.0679 e. The molecule has 0 N–H and O–H groups in total. The van der Waals surface area contributed by atoms with Gasteiger partial charge in [0.2, 0.25) is 0 Å². The highest BCUT2D eigenvalue weighted by Gasteiger charge is 1.94. The van der Waals surface area contributed by atoms with Crippen molar-refractivity contribution in [2.75, 3.05) is 0 Å². The third-order valence-corrected chi connectivity index (χ3v) is 1.59. The number of hydrogen-bond acceptors (Lipinski definition) is 1. The maximum absolute atomic E-state index is 4.09. The number of aromatic nitrogens is 2. The summed E-state index contributed by atoms with van der Waals surface area (Å²) in [6.07, 6.45) is 1.84. The lowest BCUT2D eigenvalue weighted by Gasteiger charge is -1.89. The minimum atomic E-state index is 1.14. The van der Waals surface area contributed by atoms with Gasteiger partial charge in [0, 0.05) is 12.4 Å². The molecule has 2 rings (SSSR count). The summed E-state index contributed by atoms with van der Waals surface area (Å²) < 4.78 is 1.85. The fourth-order valence-electron chi connectivity index (χ4n) is 1.04. The molecule has 2 aromatic rings. The standard InChI is InChI=1S/C8H7N2/c1-10-8-5-3-2-4-7(8)6-9-10/h3-6H,1H3. The summed E-state index contributed by atoms with van der Waals surface area (Å²) in [4.78, 5) is 0. The molecule has 0 saturated heterocycles. The van der Waals surface area contributed by atoms with Gasteiger partial charge in [0.1, 0.15) is 0 Å². The molecule has 2 nitrogen and oxygen atoms in total. The van der Waals surface area contributed by atoms with E-state index in [1.54, 1.807) is 0 Å². The van der Waals surface area contributed by atoms with Crippen molar-refractivity contribution in [1.82, 2.24) is 9.78 Å². The van der Waals surface area contributed by atoms with E-state index in [9.17, 15) is 0 Å². The van der Waals surface area contributed by atoms with Crippen LogP contribution in [0.2, 0.25) is 0 Å². The Labute approximate surface area is 59.1 Å². The molecule has 1 aromatic carbocycles. The van der Waals surface area contributed by atoms with E-state index >= 15 is 0 Å². The predicted molar refractivity (Wildman–Crippen MR) is 39.6 cm³/mol. The van der Waals surface area contributed by atoms with Crippen molar-refractivity contribution in [1.29, 1.82) is 0 Å². The first-order chi connectivity index (χ1) is 4.88. The molecule has 1 heterocycles. The van der Waals surface area contributed by atoms with Crippen molar-refractivity contribution >= 4 is 10.9 Å². The van der Waals surface area contributed by atoms with E-state index < -0.39 is 0 Å². The molecule has 0 saturated carbocycles. The van der Waals surface area contributed by atoms with Crippen molar-refractivity contribution in [2.45, 2.75) is 0 Å². The van der Waals surface area contributed by atoms with Gasteiger partial charge in [0.25, 0.3) is 0 Å². The van der Waals surface area contributed by atoms with Crippen molar-refractivity contribution in [2.24, 2.45) is 7.05 Å². The van der Waals surface area contributed by atoms with Gasteiger partial charge in [-0.25, -0.2) is 0 Å². The summed E-state index contributed by atoms with van der Waals surface area (Å²) >= 11 is 0. The van der Waals surface area contributed by atoms with Crippen molar-refractivity contribution in [3.8, 4) is 0 Å². The number of hydrogen-bond donors (Lipinski definition) is 0. The molecular formula is C8H7N2. The molecule has 0 unspecified atom stereocenters. The molecule has 0 atom stereocenters. The van der Waals surface area contributed by atoms with Gasteiger partial charge in [0.05, 0.1) is 11.7 Å². The van der Waals surface area contributed by atoms with Crippen molar-refractivity contribution in [3.05, 3.63) is 30.5 Å². The van der Waals surface area contributed by atoms with E-state index in [0.29, 0.717) is 0 Å². The molecule has 0 aliphatic carbocycles. The topological polar surface area (TPSA) is 17.8 Å². The molecule has 49 valence electrons. The normalized spacial score (nSPS) is 10.5. The highest BCUT2D eigenvalue weighted by atomic mass is 15.2. The van der Waals surface area contributed by atoms with Gasteiger partial charge >= 0.3 is 0 Å². The van der Waals surface area contributed by atoms with E-state index in [-0.39, 0.29) is 0 Å². The number of benzene rings is 1. The number of nitrogens with zero attached hydrogens (tertiary/aromatic N) is 2. The molecule has 0 bridgehead atoms. The SMILES string of the molecule is Cn1ncc2c[c]ccc21. The van der Waals surface area contributed by atoms with Crippen LogP contribution in [-0.2, 0) is 7.05 Å². The van der Waals surface area contributed by atoms with E-state index in [4.69, 9.17) is 0 Å². The minimum Gasteiger partial charge on any atom is -0.268 e. The third-order valence-electron chi connectivity index (χ3n) is 1.59. The van der Waals surface area contributed by atoms with Gasteiger partial charge < -0.3 is 0 Å². The summed E-state index contributed by atoms with van der Waals surface area (Å²) in [5.74, 6) is 0. The first-order valence-electron chi connectivity index (χ1n) is 3.16. The Hall–Kier alpha value is -1.31. The number of aryl methyl sites for hydroxylation is 1. The fourth-order valence-corrected chi connectivity index (χ4v) is 1.04. The molecule has 1 aromatic heterocycles. The predicted octanol–water partition coefficient (Wildman–Crippen LogP) is 1.37. The van der Waals surface area contributed by atoms with Crippen LogP contribution < -0.4 is 0 Å². The van der Waals surface area contributed by atoms with Gasteiger partial charge in [-0.05, 0) is 18.2 Å². The summed E-state index contributed by atoms with van der Waals surface area (Å²) in [6, 6.07) is 8.82. The summed E-state index contributed by atoms with van der Waals surface area (Å²) in [5.41, 5.74) is 1.15. The number of rotatable bonds is 0. The molecule has 10 heavy (non-hydrogen) atoms. The average Bonchev–Trinajstić information content (AvgIpc) is 2.34. The number of fused-ring (bicyclic) bond motifs is 1. The molecule has 0 aliphatic rings. The second-order valence-electron chi connectivity index (χ2n) is 2.25. The van der Waals surface area contributed by atoms with Gasteiger partial charge in [-0.15, -0.1) is 0 Å². The Kier molecular flexibility index (Phi) is 1.01. The molecule has 1 radical (unpaired) electrons. The Bertz CT molecular complexity index is 349. The Morgan fingerprint density at radius 2 is 2.50 bits per heavy atom. The van der Waals surface area contributed by atoms with Crippen LogP contribution in [-0.4, -0.2) is 9.78 Å². The van der Waals surface area contributed by atoms with Crippen LogP contribution in [0.3, 0.4) is 0 Å². The van der Waals surface area contributed by atoms with Crippen molar-refractivity contribution in [3.63, 3.8) is 0 Å². The fraction of sp³-hybridized carbons (Fsp3) is 0.125.